The van der Waals surface area contributed by atoms with E-state index in [4.69, 9.17) is 19.7 Å². The number of methoxy groups -OCH3 is 1. The Balaban J connectivity index is 1.28. The second-order valence-electron chi connectivity index (χ2n) is 11.3. The summed E-state index contributed by atoms with van der Waals surface area (Å²) in [5.41, 5.74) is 2.52. The van der Waals surface area contributed by atoms with Crippen LogP contribution in [0.2, 0.25) is 0 Å². The Bertz CT molecular complexity index is 1320. The maximum Gasteiger partial charge on any atom is 0.415 e. The molecule has 0 bridgehead atoms. The van der Waals surface area contributed by atoms with E-state index in [1.807, 2.05) is 6.07 Å². The minimum Gasteiger partial charge on any atom is -0.497 e. The van der Waals surface area contributed by atoms with Crippen molar-refractivity contribution >= 4 is 28.7 Å². The number of rotatable bonds is 6. The molecule has 2 aromatic carbocycles. The number of anilines is 1. The smallest absolute Gasteiger partial charge is 0.415 e. The number of likely N-dealkylation sites (tertiary alicyclic amines) is 1. The Morgan fingerprint density at radius 3 is 2.46 bits per heavy atom. The van der Waals surface area contributed by atoms with Gasteiger partial charge in [-0.25, -0.2) is 9.59 Å². The molecule has 9 heteroatoms. The molecule has 0 radical (unpaired) electrons. The summed E-state index contributed by atoms with van der Waals surface area (Å²) in [5.74, 6) is -0.172. The molecule has 2 aliphatic rings. The average molecular weight is 507 g/mol. The quantitative estimate of drug-likeness (QED) is 0.514. The molecule has 2 fully saturated rings. The van der Waals surface area contributed by atoms with Crippen LogP contribution in [0.5, 0.6) is 5.75 Å². The van der Waals surface area contributed by atoms with E-state index in [1.54, 1.807) is 24.1 Å². The molecule has 5 rings (SSSR count). The van der Waals surface area contributed by atoms with E-state index in [1.165, 1.54) is 12.1 Å². The molecule has 3 heterocycles. The summed E-state index contributed by atoms with van der Waals surface area (Å²) >= 11 is 0. The zero-order chi connectivity index (χ0) is 26.4. The van der Waals surface area contributed by atoms with Crippen molar-refractivity contribution in [2.45, 2.75) is 52.3 Å². The molecule has 1 N–H and O–H groups in total. The van der Waals surface area contributed by atoms with Crippen LogP contribution in [-0.4, -0.2) is 64.2 Å². The summed E-state index contributed by atoms with van der Waals surface area (Å²) in [7, 11) is 1.68. The van der Waals surface area contributed by atoms with Crippen LogP contribution < -0.4 is 9.64 Å². The number of carbonyl (C=O) groups excluding carboxylic acids is 1. The summed E-state index contributed by atoms with van der Waals surface area (Å²) in [5, 5.41) is 15.3. The van der Waals surface area contributed by atoms with Gasteiger partial charge in [0.1, 0.15) is 11.4 Å². The monoisotopic (exact) mass is 506 g/mol. The second-order valence-corrected chi connectivity index (χ2v) is 11.3. The third kappa shape index (κ3) is 5.13. The van der Waals surface area contributed by atoms with Gasteiger partial charge in [-0.3, -0.25) is 14.5 Å². The van der Waals surface area contributed by atoms with Gasteiger partial charge in [0.2, 0.25) is 0 Å². The summed E-state index contributed by atoms with van der Waals surface area (Å²) < 4.78 is 13.4. The maximum atomic E-state index is 12.7. The highest BCUT2D eigenvalue weighted by Gasteiger charge is 2.47. The topological polar surface area (TPSA) is 97.1 Å². The van der Waals surface area contributed by atoms with Crippen LogP contribution in [-0.2, 0) is 17.8 Å². The van der Waals surface area contributed by atoms with E-state index in [9.17, 15) is 9.59 Å². The largest absolute Gasteiger partial charge is 0.497 e. The number of piperidine rings is 1. The van der Waals surface area contributed by atoms with Crippen molar-refractivity contribution in [2.75, 3.05) is 31.6 Å². The first-order chi connectivity index (χ1) is 17.6. The zero-order valence-electron chi connectivity index (χ0n) is 21.9. The summed E-state index contributed by atoms with van der Waals surface area (Å²) in [6.45, 7) is 10.2. The highest BCUT2D eigenvalue weighted by Crippen LogP contribution is 2.36. The molecular formula is C28H34N4O5. The molecule has 2 saturated heterocycles. The van der Waals surface area contributed by atoms with Crippen molar-refractivity contribution in [3.05, 3.63) is 53.7 Å². The number of ether oxygens (including phenoxy) is 2. The fourth-order valence-electron chi connectivity index (χ4n) is 5.23. The van der Waals surface area contributed by atoms with E-state index in [-0.39, 0.29) is 17.1 Å². The lowest BCUT2D eigenvalue weighted by molar-refractivity contribution is -0.00121. The molecular weight excluding hydrogens is 472 g/mol. The molecule has 9 nitrogen and oxygen atoms in total. The van der Waals surface area contributed by atoms with Gasteiger partial charge >= 0.3 is 12.1 Å². The molecule has 37 heavy (non-hydrogen) atoms. The van der Waals surface area contributed by atoms with Crippen molar-refractivity contribution in [3.63, 3.8) is 0 Å². The van der Waals surface area contributed by atoms with Gasteiger partial charge in [0.15, 0.2) is 0 Å². The number of nitrogens with zero attached hydrogens (tertiary/aromatic N) is 4. The lowest BCUT2D eigenvalue weighted by atomic mass is 9.91. The Labute approximate surface area is 216 Å². The van der Waals surface area contributed by atoms with E-state index in [2.05, 4.69) is 42.5 Å². The van der Waals surface area contributed by atoms with Gasteiger partial charge in [-0.15, -0.1) is 0 Å². The number of hydrogen-bond acceptors (Lipinski definition) is 6. The van der Waals surface area contributed by atoms with Crippen LogP contribution in [0.1, 0.15) is 49.7 Å². The lowest BCUT2D eigenvalue weighted by Gasteiger charge is -2.37. The highest BCUT2D eigenvalue weighted by molar-refractivity contribution is 5.92. The summed E-state index contributed by atoms with van der Waals surface area (Å²) in [6.07, 6.45) is 1.09. The minimum absolute atomic E-state index is 0.0863. The third-order valence-electron chi connectivity index (χ3n) is 7.20. The molecule has 0 aliphatic carbocycles. The number of carbonyl (C=O) groups is 2. The zero-order valence-corrected chi connectivity index (χ0v) is 21.9. The summed E-state index contributed by atoms with van der Waals surface area (Å²) in [6, 6.07) is 12.5. The molecule has 0 atom stereocenters. The van der Waals surface area contributed by atoms with Crippen molar-refractivity contribution in [3.8, 4) is 5.75 Å². The maximum absolute atomic E-state index is 12.7. The molecule has 2 aliphatic heterocycles. The average Bonchev–Trinajstić information content (AvgIpc) is 3.36. The predicted octanol–water partition coefficient (Wildman–Crippen LogP) is 4.78. The van der Waals surface area contributed by atoms with Crippen LogP contribution >= 0.6 is 0 Å². The number of carboxylic acid groups (broad SMARTS) is 1. The number of amides is 1. The van der Waals surface area contributed by atoms with Crippen LogP contribution in [0.3, 0.4) is 0 Å². The Morgan fingerprint density at radius 1 is 1.14 bits per heavy atom. The molecule has 0 unspecified atom stereocenters. The highest BCUT2D eigenvalue weighted by atomic mass is 16.6. The Hall–Kier alpha value is -3.59. The Morgan fingerprint density at radius 2 is 1.84 bits per heavy atom. The number of hydrogen-bond donors (Lipinski definition) is 1. The first kappa shape index (κ1) is 25.1. The normalized spacial score (nSPS) is 17.9. The van der Waals surface area contributed by atoms with Gasteiger partial charge in [0.05, 0.1) is 30.4 Å². The minimum atomic E-state index is -0.991. The molecule has 196 valence electrons. The van der Waals surface area contributed by atoms with Gasteiger partial charge < -0.3 is 14.6 Å². The molecule has 3 aromatic rings. The van der Waals surface area contributed by atoms with Gasteiger partial charge in [0.25, 0.3) is 0 Å². The SMILES string of the molecule is COc1ccc2c(CN3CCC4(CC3)CN(c3ccc(C(=O)O)cc3)C(=O)O4)nn(CC(C)(C)C)c2c1. The lowest BCUT2D eigenvalue weighted by Crippen LogP contribution is -2.46. The first-order valence-electron chi connectivity index (χ1n) is 12.7. The van der Waals surface area contributed by atoms with Crippen molar-refractivity contribution in [2.24, 2.45) is 5.41 Å². The van der Waals surface area contributed by atoms with Crippen LogP contribution in [0, 0.1) is 5.41 Å². The molecule has 1 amide bonds. The van der Waals surface area contributed by atoms with Gasteiger partial charge in [-0.1, -0.05) is 20.8 Å². The molecule has 0 saturated carbocycles. The van der Waals surface area contributed by atoms with E-state index in [0.717, 1.165) is 61.4 Å². The van der Waals surface area contributed by atoms with Gasteiger partial charge in [-0.2, -0.15) is 5.10 Å². The van der Waals surface area contributed by atoms with Crippen molar-refractivity contribution in [1.29, 1.82) is 0 Å². The predicted molar refractivity (Wildman–Crippen MR) is 140 cm³/mol. The first-order valence-corrected chi connectivity index (χ1v) is 12.7. The van der Waals surface area contributed by atoms with Crippen LogP contribution in [0.15, 0.2) is 42.5 Å². The van der Waals surface area contributed by atoms with Gasteiger partial charge in [0, 0.05) is 56.2 Å². The van der Waals surface area contributed by atoms with Crippen molar-refractivity contribution < 1.29 is 24.2 Å². The fourth-order valence-corrected chi connectivity index (χ4v) is 5.23. The van der Waals surface area contributed by atoms with E-state index >= 15 is 0 Å². The third-order valence-corrected chi connectivity index (χ3v) is 7.20. The number of aromatic nitrogens is 2. The number of carboxylic acids is 1. The molecule has 1 aromatic heterocycles. The molecule has 1 spiro atoms. The number of benzene rings is 2. The summed E-state index contributed by atoms with van der Waals surface area (Å²) in [4.78, 5) is 27.8. The van der Waals surface area contributed by atoms with E-state index < -0.39 is 11.6 Å². The number of fused-ring (bicyclic) bond motifs is 1. The van der Waals surface area contributed by atoms with Crippen molar-refractivity contribution in [1.82, 2.24) is 14.7 Å². The fraction of sp³-hybridized carbons (Fsp3) is 0.464. The van der Waals surface area contributed by atoms with E-state index in [0.29, 0.717) is 12.2 Å². The van der Waals surface area contributed by atoms with Gasteiger partial charge in [-0.05, 0) is 41.8 Å². The Kier molecular flexibility index (Phi) is 6.35. The van der Waals surface area contributed by atoms with Crippen LogP contribution in [0.4, 0.5) is 10.5 Å². The second kappa shape index (κ2) is 9.37. The van der Waals surface area contributed by atoms with Crippen LogP contribution in [0.25, 0.3) is 10.9 Å². The standard InChI is InChI=1S/C28H34N4O5/c1-27(2,3)17-32-24-15-21(36-4)9-10-22(24)23(29-32)16-30-13-11-28(12-14-30)18-31(26(35)37-28)20-7-5-19(6-8-20)25(33)34/h5-10,15H,11-14,16-18H2,1-4H3,(H,33,34). The number of aromatic carboxylic acids is 1.